The Kier molecular flexibility index (Phi) is 9.63. The van der Waals surface area contributed by atoms with Crippen LogP contribution in [-0.4, -0.2) is 25.7 Å². The minimum Gasteiger partial charge on any atom is -0.494 e. The molecule has 1 amide bonds. The van der Waals surface area contributed by atoms with Gasteiger partial charge >= 0.3 is 0 Å². The molecule has 0 unspecified atom stereocenters. The number of rotatable bonds is 13. The van der Waals surface area contributed by atoms with Gasteiger partial charge in [-0.05, 0) is 67.4 Å². The number of unbranched alkanes of at least 4 members (excludes halogenated alkanes) is 3. The van der Waals surface area contributed by atoms with Crippen LogP contribution in [0.15, 0.2) is 60.7 Å². The third-order valence-corrected chi connectivity index (χ3v) is 4.20. The summed E-state index contributed by atoms with van der Waals surface area (Å²) >= 11 is 0. The molecule has 2 aromatic carbocycles. The SMILES string of the molecule is C=C(C)COc1ccc(NC(=O)CNc2ccc(OCCCCCC)cc2)cc1. The number of anilines is 2. The van der Waals surface area contributed by atoms with Crippen molar-refractivity contribution in [3.63, 3.8) is 0 Å². The zero-order valence-corrected chi connectivity index (χ0v) is 17.5. The fourth-order valence-electron chi connectivity index (χ4n) is 2.62. The van der Waals surface area contributed by atoms with Crippen molar-refractivity contribution in [2.24, 2.45) is 0 Å². The van der Waals surface area contributed by atoms with Crippen LogP contribution < -0.4 is 20.1 Å². The van der Waals surface area contributed by atoms with Gasteiger partial charge in [0.1, 0.15) is 18.1 Å². The van der Waals surface area contributed by atoms with Gasteiger partial charge in [-0.15, -0.1) is 0 Å². The Morgan fingerprint density at radius 1 is 0.897 bits per heavy atom. The van der Waals surface area contributed by atoms with E-state index < -0.39 is 0 Å². The first-order valence-corrected chi connectivity index (χ1v) is 10.2. The predicted molar refractivity (Wildman–Crippen MR) is 120 cm³/mol. The zero-order valence-electron chi connectivity index (χ0n) is 17.5. The summed E-state index contributed by atoms with van der Waals surface area (Å²) < 4.78 is 11.3. The maximum absolute atomic E-state index is 12.1. The second-order valence-corrected chi connectivity index (χ2v) is 7.11. The van der Waals surface area contributed by atoms with Crippen LogP contribution in [0.2, 0.25) is 0 Å². The van der Waals surface area contributed by atoms with Crippen LogP contribution in [0.3, 0.4) is 0 Å². The van der Waals surface area contributed by atoms with Crippen LogP contribution in [0.1, 0.15) is 39.5 Å². The highest BCUT2D eigenvalue weighted by Crippen LogP contribution is 2.17. The van der Waals surface area contributed by atoms with E-state index in [1.54, 1.807) is 0 Å². The highest BCUT2D eigenvalue weighted by Gasteiger charge is 2.03. The maximum Gasteiger partial charge on any atom is 0.243 e. The Hall–Kier alpha value is -2.95. The quantitative estimate of drug-likeness (QED) is 0.339. The molecule has 2 aromatic rings. The second-order valence-electron chi connectivity index (χ2n) is 7.11. The van der Waals surface area contributed by atoms with Crippen molar-refractivity contribution in [1.29, 1.82) is 0 Å². The summed E-state index contributed by atoms with van der Waals surface area (Å²) in [5, 5.41) is 5.98. The van der Waals surface area contributed by atoms with Crippen molar-refractivity contribution >= 4 is 17.3 Å². The molecule has 0 aliphatic rings. The molecule has 29 heavy (non-hydrogen) atoms. The summed E-state index contributed by atoms with van der Waals surface area (Å²) in [6.45, 7) is 9.33. The van der Waals surface area contributed by atoms with Gasteiger partial charge in [-0.2, -0.15) is 0 Å². The molecule has 2 N–H and O–H groups in total. The number of amides is 1. The molecule has 156 valence electrons. The third-order valence-electron chi connectivity index (χ3n) is 4.20. The lowest BCUT2D eigenvalue weighted by Gasteiger charge is -2.10. The highest BCUT2D eigenvalue weighted by atomic mass is 16.5. The summed E-state index contributed by atoms with van der Waals surface area (Å²) in [6.07, 6.45) is 4.76. The van der Waals surface area contributed by atoms with Gasteiger partial charge in [0, 0.05) is 11.4 Å². The summed E-state index contributed by atoms with van der Waals surface area (Å²) in [5.74, 6) is 1.49. The molecule has 5 heteroatoms. The second kappa shape index (κ2) is 12.5. The van der Waals surface area contributed by atoms with Crippen molar-refractivity contribution in [1.82, 2.24) is 0 Å². The van der Waals surface area contributed by atoms with Crippen LogP contribution in [0.25, 0.3) is 0 Å². The summed E-state index contributed by atoms with van der Waals surface area (Å²) in [7, 11) is 0. The van der Waals surface area contributed by atoms with E-state index in [1.807, 2.05) is 55.5 Å². The van der Waals surface area contributed by atoms with Gasteiger partial charge in [0.05, 0.1) is 13.2 Å². The van der Waals surface area contributed by atoms with E-state index in [-0.39, 0.29) is 12.5 Å². The van der Waals surface area contributed by atoms with Crippen molar-refractivity contribution < 1.29 is 14.3 Å². The van der Waals surface area contributed by atoms with E-state index in [0.717, 1.165) is 41.5 Å². The molecule has 5 nitrogen and oxygen atoms in total. The van der Waals surface area contributed by atoms with E-state index in [9.17, 15) is 4.79 Å². The minimum atomic E-state index is -0.114. The summed E-state index contributed by atoms with van der Waals surface area (Å²) in [6, 6.07) is 15.0. The summed E-state index contributed by atoms with van der Waals surface area (Å²) in [5.41, 5.74) is 2.56. The van der Waals surface area contributed by atoms with E-state index in [4.69, 9.17) is 9.47 Å². The van der Waals surface area contributed by atoms with Gasteiger partial charge in [-0.1, -0.05) is 32.8 Å². The molecule has 0 saturated carbocycles. The molecular formula is C24H32N2O3. The molecule has 0 bridgehead atoms. The Labute approximate surface area is 174 Å². The first-order chi connectivity index (χ1) is 14.1. The van der Waals surface area contributed by atoms with Crippen LogP contribution >= 0.6 is 0 Å². The van der Waals surface area contributed by atoms with Crippen molar-refractivity contribution in [2.75, 3.05) is 30.4 Å². The number of ether oxygens (including phenoxy) is 2. The molecule has 0 aromatic heterocycles. The van der Waals surface area contributed by atoms with E-state index >= 15 is 0 Å². The van der Waals surface area contributed by atoms with Gasteiger partial charge < -0.3 is 20.1 Å². The van der Waals surface area contributed by atoms with Gasteiger partial charge in [-0.3, -0.25) is 4.79 Å². The molecular weight excluding hydrogens is 364 g/mol. The normalized spacial score (nSPS) is 10.3. The van der Waals surface area contributed by atoms with Crippen molar-refractivity contribution in [3.05, 3.63) is 60.7 Å². The third kappa shape index (κ3) is 9.19. The minimum absolute atomic E-state index is 0.114. The monoisotopic (exact) mass is 396 g/mol. The van der Waals surface area contributed by atoms with Gasteiger partial charge in [-0.25, -0.2) is 0 Å². The smallest absolute Gasteiger partial charge is 0.243 e. The molecule has 0 fully saturated rings. The molecule has 0 saturated heterocycles. The standard InChI is InChI=1S/C24H32N2O3/c1-4-5-6-7-16-28-22-12-8-20(9-13-22)25-17-24(27)26-21-10-14-23(15-11-21)29-18-19(2)3/h8-15,25H,2,4-7,16-18H2,1,3H3,(H,26,27). The summed E-state index contributed by atoms with van der Waals surface area (Å²) in [4.78, 5) is 12.1. The Bertz CT molecular complexity index is 755. The van der Waals surface area contributed by atoms with Crippen LogP contribution in [0, 0.1) is 0 Å². The average Bonchev–Trinajstić information content (AvgIpc) is 2.72. The molecule has 0 aliphatic heterocycles. The molecule has 0 atom stereocenters. The van der Waals surface area contributed by atoms with Crippen molar-refractivity contribution in [3.8, 4) is 11.5 Å². The first kappa shape index (κ1) is 22.3. The molecule has 2 rings (SSSR count). The lowest BCUT2D eigenvalue weighted by atomic mass is 10.2. The van der Waals surface area contributed by atoms with E-state index in [0.29, 0.717) is 6.61 Å². The lowest BCUT2D eigenvalue weighted by molar-refractivity contribution is -0.114. The lowest BCUT2D eigenvalue weighted by Crippen LogP contribution is -2.21. The predicted octanol–water partition coefficient (Wildman–Crippen LogP) is 5.65. The number of hydrogen-bond acceptors (Lipinski definition) is 4. The number of benzene rings is 2. The Morgan fingerprint density at radius 2 is 1.52 bits per heavy atom. The number of carbonyl (C=O) groups excluding carboxylic acids is 1. The number of nitrogens with one attached hydrogen (secondary N) is 2. The van der Waals surface area contributed by atoms with Crippen molar-refractivity contribution in [2.45, 2.75) is 39.5 Å². The van der Waals surface area contributed by atoms with E-state index in [2.05, 4.69) is 24.1 Å². The Morgan fingerprint density at radius 3 is 2.14 bits per heavy atom. The van der Waals surface area contributed by atoms with Crippen LogP contribution in [0.5, 0.6) is 11.5 Å². The first-order valence-electron chi connectivity index (χ1n) is 10.2. The number of carbonyl (C=O) groups is 1. The topological polar surface area (TPSA) is 59.6 Å². The van der Waals surface area contributed by atoms with E-state index in [1.165, 1.54) is 19.3 Å². The largest absolute Gasteiger partial charge is 0.494 e. The molecule has 0 aliphatic carbocycles. The molecule has 0 heterocycles. The van der Waals surface area contributed by atoms with Crippen LogP contribution in [-0.2, 0) is 4.79 Å². The average molecular weight is 397 g/mol. The van der Waals surface area contributed by atoms with Gasteiger partial charge in [0.15, 0.2) is 0 Å². The molecule has 0 spiro atoms. The van der Waals surface area contributed by atoms with Gasteiger partial charge in [0.2, 0.25) is 5.91 Å². The fourth-order valence-corrected chi connectivity index (χ4v) is 2.62. The maximum atomic E-state index is 12.1. The fraction of sp³-hybridized carbons (Fsp3) is 0.375. The van der Waals surface area contributed by atoms with Crippen LogP contribution in [0.4, 0.5) is 11.4 Å². The zero-order chi connectivity index (χ0) is 20.9. The van der Waals surface area contributed by atoms with Gasteiger partial charge in [0.25, 0.3) is 0 Å². The Balaban J connectivity index is 1.69. The number of hydrogen-bond donors (Lipinski definition) is 2. The highest BCUT2D eigenvalue weighted by molar-refractivity contribution is 5.93. The molecule has 0 radical (unpaired) electrons.